The average Bonchev–Trinajstić information content (AvgIpc) is 3.28. The van der Waals surface area contributed by atoms with E-state index >= 15 is 0 Å². The van der Waals surface area contributed by atoms with Crippen molar-refractivity contribution in [2.24, 2.45) is 0 Å². The maximum absolute atomic E-state index is 12.6. The van der Waals surface area contributed by atoms with Gasteiger partial charge >= 0.3 is 0 Å². The number of rotatable bonds is 5. The number of anilines is 1. The smallest absolute Gasteiger partial charge is 0.282 e. The van der Waals surface area contributed by atoms with Gasteiger partial charge in [0.1, 0.15) is 0 Å². The van der Waals surface area contributed by atoms with Gasteiger partial charge in [0.15, 0.2) is 5.13 Å². The van der Waals surface area contributed by atoms with Crippen LogP contribution in [0.1, 0.15) is 5.56 Å². The highest BCUT2D eigenvalue weighted by Gasteiger charge is 2.25. The lowest BCUT2D eigenvalue weighted by Gasteiger charge is -2.05. The monoisotopic (exact) mass is 443 g/mol. The Morgan fingerprint density at radius 3 is 2.38 bits per heavy atom. The number of thioether (sulfide) groups is 1. The Kier molecular flexibility index (Phi) is 5.22. The van der Waals surface area contributed by atoms with Crippen LogP contribution in [0.5, 0.6) is 0 Å². The Hall–Kier alpha value is -2.95. The zero-order valence-corrected chi connectivity index (χ0v) is 17.1. The molecule has 2 heterocycles. The van der Waals surface area contributed by atoms with Crippen LogP contribution in [0.15, 0.2) is 69.8 Å². The van der Waals surface area contributed by atoms with Gasteiger partial charge in [0.05, 0.1) is 15.5 Å². The number of thiazole rings is 1. The summed E-state index contributed by atoms with van der Waals surface area (Å²) in [6.07, 6.45) is 1.53. The summed E-state index contributed by atoms with van der Waals surface area (Å²) in [5, 5.41) is 3.80. The molecule has 10 heteroatoms. The number of nitrogens with one attached hydrogen (secondary N) is 2. The molecule has 0 radical (unpaired) electrons. The minimum atomic E-state index is -3.81. The number of hydrogen-bond acceptors (Lipinski definition) is 7. The fourth-order valence-corrected chi connectivity index (χ4v) is 5.21. The highest BCUT2D eigenvalue weighted by atomic mass is 32.2. The highest BCUT2D eigenvalue weighted by Crippen LogP contribution is 2.28. The van der Waals surface area contributed by atoms with Gasteiger partial charge in [-0.05, 0) is 35.5 Å². The van der Waals surface area contributed by atoms with Gasteiger partial charge in [-0.15, -0.1) is 11.3 Å². The molecule has 2 N–H and O–H groups in total. The summed E-state index contributed by atoms with van der Waals surface area (Å²) >= 11 is 2.01. The highest BCUT2D eigenvalue weighted by molar-refractivity contribution is 8.18. The fraction of sp³-hybridized carbons (Fsp3) is 0. The molecular weight excluding hydrogens is 430 g/mol. The number of carbonyl (C=O) groups excluding carboxylic acids is 2. The molecule has 1 saturated heterocycles. The van der Waals surface area contributed by atoms with Crippen LogP contribution in [0.25, 0.3) is 17.3 Å². The molecule has 1 aliphatic rings. The lowest BCUT2D eigenvalue weighted by molar-refractivity contribution is -0.115. The quantitative estimate of drug-likeness (QED) is 0.579. The molecule has 1 aliphatic heterocycles. The molecule has 146 valence electrons. The molecule has 0 spiro atoms. The van der Waals surface area contributed by atoms with Crippen LogP contribution < -0.4 is 10.0 Å². The van der Waals surface area contributed by atoms with E-state index in [9.17, 15) is 18.0 Å². The van der Waals surface area contributed by atoms with Crippen molar-refractivity contribution in [1.82, 2.24) is 10.3 Å². The van der Waals surface area contributed by atoms with Crippen molar-refractivity contribution in [3.8, 4) is 11.3 Å². The Bertz CT molecular complexity index is 1220. The van der Waals surface area contributed by atoms with Gasteiger partial charge in [-0.25, -0.2) is 13.4 Å². The zero-order chi connectivity index (χ0) is 20.4. The number of hydrogen-bond donors (Lipinski definition) is 2. The van der Waals surface area contributed by atoms with Gasteiger partial charge in [0, 0.05) is 10.9 Å². The number of aromatic nitrogens is 1. The zero-order valence-electron chi connectivity index (χ0n) is 14.7. The van der Waals surface area contributed by atoms with Crippen molar-refractivity contribution in [3.63, 3.8) is 0 Å². The number of nitrogens with zero attached hydrogens (tertiary/aromatic N) is 1. The summed E-state index contributed by atoms with van der Waals surface area (Å²) in [7, 11) is -3.81. The van der Waals surface area contributed by atoms with Crippen molar-refractivity contribution in [2.45, 2.75) is 4.90 Å². The molecule has 7 nitrogen and oxygen atoms in total. The molecule has 0 bridgehead atoms. The summed E-state index contributed by atoms with van der Waals surface area (Å²) in [5.41, 5.74) is 2.20. The number of imide groups is 1. The van der Waals surface area contributed by atoms with E-state index in [-0.39, 0.29) is 14.9 Å². The van der Waals surface area contributed by atoms with Gasteiger partial charge in [-0.3, -0.25) is 19.6 Å². The van der Waals surface area contributed by atoms with E-state index in [1.54, 1.807) is 17.5 Å². The van der Waals surface area contributed by atoms with E-state index in [4.69, 9.17) is 0 Å². The molecule has 0 atom stereocenters. The Morgan fingerprint density at radius 2 is 1.72 bits per heavy atom. The number of benzene rings is 2. The van der Waals surface area contributed by atoms with Crippen LogP contribution in [0.2, 0.25) is 0 Å². The third-order valence-corrected chi connectivity index (χ3v) is 6.98. The Morgan fingerprint density at radius 1 is 1.00 bits per heavy atom. The van der Waals surface area contributed by atoms with Gasteiger partial charge in [0.2, 0.25) is 0 Å². The molecule has 1 fully saturated rings. The van der Waals surface area contributed by atoms with E-state index in [1.165, 1.54) is 29.5 Å². The summed E-state index contributed by atoms with van der Waals surface area (Å²) in [5.74, 6) is -0.462. The maximum atomic E-state index is 12.6. The van der Waals surface area contributed by atoms with Crippen molar-refractivity contribution in [1.29, 1.82) is 0 Å². The standard InChI is InChI=1S/C19H13N3O4S3/c23-17-16(28-19(24)21-17)10-12-6-8-14(9-7-12)29(25,26)22-18-20-15(11-27-18)13-4-2-1-3-5-13/h1-11H,(H,20,22)(H,21,23,24). The Labute approximate surface area is 174 Å². The van der Waals surface area contributed by atoms with Crippen molar-refractivity contribution >= 4 is 55.5 Å². The minimum absolute atomic E-state index is 0.0655. The summed E-state index contributed by atoms with van der Waals surface area (Å²) in [6.45, 7) is 0. The third-order valence-electron chi connectivity index (χ3n) is 3.93. The van der Waals surface area contributed by atoms with Gasteiger partial charge in [-0.1, -0.05) is 42.5 Å². The number of sulfonamides is 1. The number of carbonyl (C=O) groups is 2. The van der Waals surface area contributed by atoms with Crippen LogP contribution >= 0.6 is 23.1 Å². The summed E-state index contributed by atoms with van der Waals surface area (Å²) in [6, 6.07) is 15.5. The van der Waals surface area contributed by atoms with Crippen molar-refractivity contribution in [2.75, 3.05) is 4.72 Å². The first-order chi connectivity index (χ1) is 13.9. The molecule has 2 aromatic carbocycles. The third kappa shape index (κ3) is 4.39. The van der Waals surface area contributed by atoms with Crippen LogP contribution in [0.4, 0.5) is 9.93 Å². The second-order valence-corrected chi connectivity index (χ2v) is 9.49. The summed E-state index contributed by atoms with van der Waals surface area (Å²) < 4.78 is 27.7. The molecule has 2 amide bonds. The lowest BCUT2D eigenvalue weighted by Crippen LogP contribution is -2.17. The normalized spacial score (nSPS) is 15.5. The molecule has 0 unspecified atom stereocenters. The lowest BCUT2D eigenvalue weighted by atomic mass is 10.2. The fourth-order valence-electron chi connectivity index (χ4n) is 2.55. The second-order valence-electron chi connectivity index (χ2n) is 5.93. The van der Waals surface area contributed by atoms with Gasteiger partial charge in [0.25, 0.3) is 21.2 Å². The topological polar surface area (TPSA) is 105 Å². The largest absolute Gasteiger partial charge is 0.290 e. The van der Waals surface area contributed by atoms with E-state index < -0.39 is 21.2 Å². The minimum Gasteiger partial charge on any atom is -0.282 e. The molecule has 3 aromatic rings. The van der Waals surface area contributed by atoms with Crippen LogP contribution in [-0.4, -0.2) is 24.5 Å². The maximum Gasteiger partial charge on any atom is 0.290 e. The van der Waals surface area contributed by atoms with Gasteiger partial charge in [-0.2, -0.15) is 0 Å². The SMILES string of the molecule is O=C1NC(=O)C(=Cc2ccc(S(=O)(=O)Nc3nc(-c4ccccc4)cs3)cc2)S1. The van der Waals surface area contributed by atoms with Crippen molar-refractivity contribution < 1.29 is 18.0 Å². The van der Waals surface area contributed by atoms with Gasteiger partial charge < -0.3 is 0 Å². The second kappa shape index (κ2) is 7.82. The molecule has 4 rings (SSSR count). The molecular formula is C19H13N3O4S3. The van der Waals surface area contributed by atoms with Crippen LogP contribution in [0.3, 0.4) is 0 Å². The van der Waals surface area contributed by atoms with E-state index in [0.29, 0.717) is 11.3 Å². The first-order valence-corrected chi connectivity index (χ1v) is 11.5. The van der Waals surface area contributed by atoms with Crippen LogP contribution in [-0.2, 0) is 14.8 Å². The molecule has 1 aromatic heterocycles. The number of amides is 2. The van der Waals surface area contributed by atoms with E-state index in [0.717, 1.165) is 17.3 Å². The first-order valence-electron chi connectivity index (χ1n) is 8.29. The average molecular weight is 444 g/mol. The Balaban J connectivity index is 1.51. The summed E-state index contributed by atoms with van der Waals surface area (Å²) in [4.78, 5) is 27.5. The molecule has 0 saturated carbocycles. The van der Waals surface area contributed by atoms with Crippen LogP contribution in [0, 0.1) is 0 Å². The van der Waals surface area contributed by atoms with E-state index in [1.807, 2.05) is 30.3 Å². The van der Waals surface area contributed by atoms with Crippen molar-refractivity contribution in [3.05, 3.63) is 70.4 Å². The first kappa shape index (κ1) is 19.4. The molecule has 0 aliphatic carbocycles. The predicted molar refractivity (Wildman–Crippen MR) is 114 cm³/mol. The van der Waals surface area contributed by atoms with E-state index in [2.05, 4.69) is 15.0 Å². The molecule has 29 heavy (non-hydrogen) atoms. The predicted octanol–water partition coefficient (Wildman–Crippen LogP) is 3.93.